The molecule has 1 saturated carbocycles. The number of anilines is 1. The maximum absolute atomic E-state index is 6.33. The zero-order chi connectivity index (χ0) is 19.0. The van der Waals surface area contributed by atoms with Crippen LogP contribution in [0.4, 0.5) is 5.82 Å². The summed E-state index contributed by atoms with van der Waals surface area (Å²) in [6, 6.07) is 9.06. The van der Waals surface area contributed by atoms with Crippen molar-refractivity contribution >= 4 is 54.9 Å². The Morgan fingerprint density at radius 3 is 2.52 bits per heavy atom. The molecule has 1 aliphatic carbocycles. The Balaban J connectivity index is 1.92. The van der Waals surface area contributed by atoms with E-state index in [0.29, 0.717) is 11.3 Å². The number of aryl methyl sites for hydroxylation is 1. The molecule has 142 valence electrons. The zero-order valence-corrected chi connectivity index (χ0v) is 18.8. The van der Waals surface area contributed by atoms with Gasteiger partial charge in [0.1, 0.15) is 10.6 Å². The Bertz CT molecular complexity index is 948. The van der Waals surface area contributed by atoms with Crippen molar-refractivity contribution < 1.29 is 0 Å². The van der Waals surface area contributed by atoms with Gasteiger partial charge in [-0.05, 0) is 48.6 Å². The SMILES string of the molecule is CCc1sc2nc(Cl)nc(N(C)C3CCCCC3)c2c1-c1ccc(Br)cc1. The first-order chi connectivity index (χ1) is 13.1. The van der Waals surface area contributed by atoms with Crippen LogP contribution in [-0.2, 0) is 6.42 Å². The number of rotatable bonds is 4. The van der Waals surface area contributed by atoms with Crippen molar-refractivity contribution in [3.8, 4) is 11.1 Å². The van der Waals surface area contributed by atoms with E-state index in [9.17, 15) is 0 Å². The normalized spacial score (nSPS) is 15.4. The molecule has 0 radical (unpaired) electrons. The molecule has 0 N–H and O–H groups in total. The number of hydrogen-bond donors (Lipinski definition) is 0. The lowest BCUT2D eigenvalue weighted by Gasteiger charge is -2.32. The lowest BCUT2D eigenvalue weighted by molar-refractivity contribution is 0.426. The van der Waals surface area contributed by atoms with Crippen LogP contribution in [-0.4, -0.2) is 23.1 Å². The molecule has 4 rings (SSSR count). The third-order valence-electron chi connectivity index (χ3n) is 5.49. The van der Waals surface area contributed by atoms with E-state index in [1.807, 2.05) is 0 Å². The molecule has 6 heteroatoms. The average molecular weight is 465 g/mol. The third kappa shape index (κ3) is 3.74. The molecule has 2 aromatic heterocycles. The second kappa shape index (κ2) is 8.06. The molecule has 3 aromatic rings. The first-order valence-electron chi connectivity index (χ1n) is 9.56. The second-order valence-electron chi connectivity index (χ2n) is 7.16. The molecule has 0 bridgehead atoms. The molecular formula is C21H23BrClN3S. The molecule has 27 heavy (non-hydrogen) atoms. The van der Waals surface area contributed by atoms with Crippen LogP contribution >= 0.6 is 38.9 Å². The maximum atomic E-state index is 6.33. The highest BCUT2D eigenvalue weighted by molar-refractivity contribution is 9.10. The summed E-state index contributed by atoms with van der Waals surface area (Å²) in [4.78, 5) is 14.0. The van der Waals surface area contributed by atoms with E-state index in [2.05, 4.69) is 64.1 Å². The van der Waals surface area contributed by atoms with Gasteiger partial charge in [0.15, 0.2) is 0 Å². The Morgan fingerprint density at radius 2 is 1.85 bits per heavy atom. The van der Waals surface area contributed by atoms with Crippen LogP contribution < -0.4 is 4.90 Å². The molecule has 0 aliphatic heterocycles. The quantitative estimate of drug-likeness (QED) is 0.385. The van der Waals surface area contributed by atoms with Crippen molar-refractivity contribution in [2.75, 3.05) is 11.9 Å². The number of benzene rings is 1. The van der Waals surface area contributed by atoms with Crippen molar-refractivity contribution in [2.45, 2.75) is 51.5 Å². The summed E-state index contributed by atoms with van der Waals surface area (Å²) in [7, 11) is 2.17. The number of thiophene rings is 1. The Hall–Kier alpha value is -1.17. The largest absolute Gasteiger partial charge is 0.356 e. The summed E-state index contributed by atoms with van der Waals surface area (Å²) in [5, 5.41) is 1.49. The van der Waals surface area contributed by atoms with Crippen molar-refractivity contribution in [2.24, 2.45) is 0 Å². The third-order valence-corrected chi connectivity index (χ3v) is 7.41. The molecule has 1 aromatic carbocycles. The highest BCUT2D eigenvalue weighted by Gasteiger charge is 2.25. The van der Waals surface area contributed by atoms with Gasteiger partial charge in [-0.25, -0.2) is 4.98 Å². The van der Waals surface area contributed by atoms with Gasteiger partial charge in [-0.3, -0.25) is 0 Å². The summed E-state index contributed by atoms with van der Waals surface area (Å²) in [6.45, 7) is 2.20. The minimum atomic E-state index is 0.339. The first-order valence-corrected chi connectivity index (χ1v) is 11.5. The van der Waals surface area contributed by atoms with Gasteiger partial charge in [0.25, 0.3) is 0 Å². The topological polar surface area (TPSA) is 29.0 Å². The minimum absolute atomic E-state index is 0.339. The van der Waals surface area contributed by atoms with Crippen LogP contribution in [0.5, 0.6) is 0 Å². The number of fused-ring (bicyclic) bond motifs is 1. The van der Waals surface area contributed by atoms with Crippen molar-refractivity contribution in [1.82, 2.24) is 9.97 Å². The van der Waals surface area contributed by atoms with Crippen LogP contribution in [0.3, 0.4) is 0 Å². The summed E-state index contributed by atoms with van der Waals surface area (Å²) in [5.74, 6) is 0.978. The van der Waals surface area contributed by atoms with E-state index in [-0.39, 0.29) is 0 Å². The van der Waals surface area contributed by atoms with Crippen LogP contribution in [0.2, 0.25) is 5.28 Å². The van der Waals surface area contributed by atoms with E-state index >= 15 is 0 Å². The average Bonchev–Trinajstić information content (AvgIpc) is 3.06. The smallest absolute Gasteiger partial charge is 0.225 e. The molecule has 0 amide bonds. The van der Waals surface area contributed by atoms with Crippen LogP contribution in [0, 0.1) is 0 Å². The van der Waals surface area contributed by atoms with Gasteiger partial charge in [-0.2, -0.15) is 4.98 Å². The van der Waals surface area contributed by atoms with E-state index in [1.165, 1.54) is 48.1 Å². The number of halogens is 2. The van der Waals surface area contributed by atoms with Gasteiger partial charge in [0.2, 0.25) is 5.28 Å². The fraction of sp³-hybridized carbons (Fsp3) is 0.429. The predicted molar refractivity (Wildman–Crippen MR) is 120 cm³/mol. The van der Waals surface area contributed by atoms with Gasteiger partial charge in [-0.15, -0.1) is 11.3 Å². The zero-order valence-electron chi connectivity index (χ0n) is 15.6. The van der Waals surface area contributed by atoms with Gasteiger partial charge < -0.3 is 4.90 Å². The van der Waals surface area contributed by atoms with E-state index < -0.39 is 0 Å². The molecule has 3 nitrogen and oxygen atoms in total. The number of nitrogens with zero attached hydrogens (tertiary/aromatic N) is 3. The van der Waals surface area contributed by atoms with E-state index in [1.54, 1.807) is 11.3 Å². The fourth-order valence-corrected chi connectivity index (χ4v) is 5.68. The monoisotopic (exact) mass is 463 g/mol. The molecule has 0 spiro atoms. The van der Waals surface area contributed by atoms with Crippen LogP contribution in [0.15, 0.2) is 28.7 Å². The van der Waals surface area contributed by atoms with Gasteiger partial charge in [0, 0.05) is 28.0 Å². The molecular weight excluding hydrogens is 442 g/mol. The van der Waals surface area contributed by atoms with Gasteiger partial charge in [0.05, 0.1) is 5.39 Å². The van der Waals surface area contributed by atoms with Crippen molar-refractivity contribution in [3.05, 3.63) is 38.9 Å². The standard InChI is InChI=1S/C21H23BrClN3S/c1-3-16-17(13-9-11-14(22)12-10-13)18-19(24-21(23)25-20(18)27-16)26(2)15-7-5-4-6-8-15/h9-12,15H,3-8H2,1-2H3. The lowest BCUT2D eigenvalue weighted by Crippen LogP contribution is -2.34. The Kier molecular flexibility index (Phi) is 5.72. The van der Waals surface area contributed by atoms with Crippen molar-refractivity contribution in [3.63, 3.8) is 0 Å². The molecule has 0 atom stereocenters. The van der Waals surface area contributed by atoms with Gasteiger partial charge in [-0.1, -0.05) is 54.2 Å². The minimum Gasteiger partial charge on any atom is -0.356 e. The highest BCUT2D eigenvalue weighted by atomic mass is 79.9. The first kappa shape index (κ1) is 19.2. The molecule has 2 heterocycles. The maximum Gasteiger partial charge on any atom is 0.225 e. The van der Waals surface area contributed by atoms with E-state index in [4.69, 9.17) is 16.6 Å². The van der Waals surface area contributed by atoms with Crippen molar-refractivity contribution in [1.29, 1.82) is 0 Å². The number of aromatic nitrogens is 2. The fourth-order valence-electron chi connectivity index (χ4n) is 4.07. The Morgan fingerprint density at radius 1 is 1.15 bits per heavy atom. The molecule has 0 unspecified atom stereocenters. The van der Waals surface area contributed by atoms with Gasteiger partial charge >= 0.3 is 0 Å². The Labute approximate surface area is 177 Å². The summed E-state index contributed by atoms with van der Waals surface area (Å²) >= 11 is 11.6. The van der Waals surface area contributed by atoms with Crippen LogP contribution in [0.1, 0.15) is 43.9 Å². The molecule has 1 fully saturated rings. The predicted octanol–water partition coefficient (Wildman–Crippen LogP) is 7.11. The van der Waals surface area contributed by atoms with Crippen LogP contribution in [0.25, 0.3) is 21.3 Å². The number of hydrogen-bond acceptors (Lipinski definition) is 4. The second-order valence-corrected chi connectivity index (χ2v) is 9.50. The summed E-state index contributed by atoms with van der Waals surface area (Å²) in [6.07, 6.45) is 7.33. The molecule has 1 aliphatic rings. The molecule has 0 saturated heterocycles. The summed E-state index contributed by atoms with van der Waals surface area (Å²) in [5.41, 5.74) is 2.48. The van der Waals surface area contributed by atoms with E-state index in [0.717, 1.165) is 26.9 Å². The highest BCUT2D eigenvalue weighted by Crippen LogP contribution is 2.43. The summed E-state index contributed by atoms with van der Waals surface area (Å²) < 4.78 is 1.09. The lowest BCUT2D eigenvalue weighted by atomic mass is 9.94.